The molecule has 2 saturated heterocycles. The molecule has 1 atom stereocenters. The van der Waals surface area contributed by atoms with Gasteiger partial charge in [-0.15, -0.1) is 0 Å². The van der Waals surface area contributed by atoms with E-state index in [1.165, 1.54) is 25.9 Å². The lowest BCUT2D eigenvalue weighted by atomic mass is 9.90. The van der Waals surface area contributed by atoms with Gasteiger partial charge in [0.2, 0.25) is 5.91 Å². The molecular formula is C17H29N5O2. The predicted molar refractivity (Wildman–Crippen MR) is 92.9 cm³/mol. The van der Waals surface area contributed by atoms with E-state index < -0.39 is 0 Å². The van der Waals surface area contributed by atoms with Crippen LogP contribution in [0.3, 0.4) is 0 Å². The number of hydrogen-bond acceptors (Lipinski definition) is 5. The minimum Gasteiger partial charge on any atom is -0.380 e. The number of nitrogens with zero attached hydrogens (tertiary/aromatic N) is 4. The third kappa shape index (κ3) is 4.48. The standard InChI is InChI=1S/C17H29N5O2/c1-14(15-3-5-20(2)6-4-15)19-16-11-18-22(12-16)13-17(23)21-7-9-24-10-8-21/h11-12,14-15,19H,3-10,13H2,1-2H3. The molecule has 134 valence electrons. The fourth-order valence-corrected chi connectivity index (χ4v) is 3.49. The summed E-state index contributed by atoms with van der Waals surface area (Å²) >= 11 is 0. The number of carbonyl (C=O) groups excluding carboxylic acids is 1. The first-order valence-electron chi connectivity index (χ1n) is 8.95. The van der Waals surface area contributed by atoms with Gasteiger partial charge in [0.05, 0.1) is 25.1 Å². The molecule has 1 unspecified atom stereocenters. The van der Waals surface area contributed by atoms with Crippen molar-refractivity contribution in [2.75, 3.05) is 51.8 Å². The normalized spacial score (nSPS) is 21.7. The van der Waals surface area contributed by atoms with E-state index in [-0.39, 0.29) is 5.91 Å². The molecule has 1 amide bonds. The van der Waals surface area contributed by atoms with Crippen LogP contribution in [-0.2, 0) is 16.1 Å². The maximum atomic E-state index is 12.3. The summed E-state index contributed by atoms with van der Waals surface area (Å²) in [5.74, 6) is 0.802. The lowest BCUT2D eigenvalue weighted by Crippen LogP contribution is -2.42. The topological polar surface area (TPSA) is 62.6 Å². The van der Waals surface area contributed by atoms with Gasteiger partial charge < -0.3 is 19.9 Å². The zero-order chi connectivity index (χ0) is 16.9. The number of piperidine rings is 1. The van der Waals surface area contributed by atoms with Crippen molar-refractivity contribution < 1.29 is 9.53 Å². The van der Waals surface area contributed by atoms with E-state index in [0.29, 0.717) is 44.8 Å². The average molecular weight is 335 g/mol. The summed E-state index contributed by atoms with van der Waals surface area (Å²) in [6.07, 6.45) is 6.21. The van der Waals surface area contributed by atoms with Crippen LogP contribution in [0.2, 0.25) is 0 Å². The monoisotopic (exact) mass is 335 g/mol. The number of ether oxygens (including phenoxy) is 1. The summed E-state index contributed by atoms with van der Waals surface area (Å²) in [4.78, 5) is 16.5. The molecule has 3 rings (SSSR count). The van der Waals surface area contributed by atoms with E-state index in [2.05, 4.69) is 29.3 Å². The van der Waals surface area contributed by atoms with Crippen LogP contribution in [0.25, 0.3) is 0 Å². The molecule has 24 heavy (non-hydrogen) atoms. The van der Waals surface area contributed by atoms with Crippen molar-refractivity contribution in [3.63, 3.8) is 0 Å². The van der Waals surface area contributed by atoms with Crippen molar-refractivity contribution in [2.45, 2.75) is 32.4 Å². The highest BCUT2D eigenvalue weighted by molar-refractivity contribution is 5.76. The van der Waals surface area contributed by atoms with Gasteiger partial charge in [0, 0.05) is 25.3 Å². The predicted octanol–water partition coefficient (Wildman–Crippen LogP) is 0.884. The van der Waals surface area contributed by atoms with Crippen LogP contribution in [0.1, 0.15) is 19.8 Å². The number of rotatable bonds is 5. The van der Waals surface area contributed by atoms with Crippen LogP contribution in [0.15, 0.2) is 12.4 Å². The zero-order valence-electron chi connectivity index (χ0n) is 14.8. The number of anilines is 1. The SMILES string of the molecule is CC(Nc1cnn(CC(=O)N2CCOCC2)c1)C1CCN(C)CC1. The summed E-state index contributed by atoms with van der Waals surface area (Å²) in [6.45, 7) is 7.50. The number of morpholine rings is 1. The fraction of sp³-hybridized carbons (Fsp3) is 0.765. The van der Waals surface area contributed by atoms with Crippen LogP contribution < -0.4 is 5.32 Å². The molecule has 3 heterocycles. The van der Waals surface area contributed by atoms with Crippen molar-refractivity contribution in [3.05, 3.63) is 12.4 Å². The zero-order valence-corrected chi connectivity index (χ0v) is 14.8. The van der Waals surface area contributed by atoms with Crippen LogP contribution in [-0.4, -0.2) is 78.0 Å². The van der Waals surface area contributed by atoms with E-state index in [9.17, 15) is 4.79 Å². The molecule has 0 bridgehead atoms. The molecule has 2 fully saturated rings. The molecule has 7 nitrogen and oxygen atoms in total. The maximum absolute atomic E-state index is 12.3. The van der Waals surface area contributed by atoms with Crippen molar-refractivity contribution in [1.29, 1.82) is 0 Å². The third-order valence-corrected chi connectivity index (χ3v) is 5.16. The van der Waals surface area contributed by atoms with Gasteiger partial charge in [-0.2, -0.15) is 5.10 Å². The second-order valence-electron chi connectivity index (χ2n) is 6.99. The van der Waals surface area contributed by atoms with Gasteiger partial charge in [0.15, 0.2) is 0 Å². The second kappa shape index (κ2) is 7.98. The van der Waals surface area contributed by atoms with Crippen molar-refractivity contribution in [2.24, 2.45) is 5.92 Å². The highest BCUT2D eigenvalue weighted by Crippen LogP contribution is 2.22. The molecule has 1 aromatic rings. The Morgan fingerprint density at radius 1 is 1.33 bits per heavy atom. The first-order valence-corrected chi connectivity index (χ1v) is 8.95. The summed E-state index contributed by atoms with van der Waals surface area (Å²) in [5, 5.41) is 7.88. The minimum absolute atomic E-state index is 0.108. The molecule has 0 radical (unpaired) electrons. The number of carbonyl (C=O) groups is 1. The Labute approximate surface area is 143 Å². The van der Waals surface area contributed by atoms with Gasteiger partial charge >= 0.3 is 0 Å². The Morgan fingerprint density at radius 2 is 2.04 bits per heavy atom. The van der Waals surface area contributed by atoms with E-state index in [0.717, 1.165) is 5.69 Å². The minimum atomic E-state index is 0.108. The molecule has 0 aliphatic carbocycles. The van der Waals surface area contributed by atoms with E-state index in [4.69, 9.17) is 4.74 Å². The highest BCUT2D eigenvalue weighted by atomic mass is 16.5. The largest absolute Gasteiger partial charge is 0.380 e. The maximum Gasteiger partial charge on any atom is 0.244 e. The molecule has 7 heteroatoms. The lowest BCUT2D eigenvalue weighted by molar-refractivity contribution is -0.136. The summed E-state index contributed by atoms with van der Waals surface area (Å²) in [7, 11) is 2.18. The van der Waals surface area contributed by atoms with E-state index in [1.54, 1.807) is 4.68 Å². The lowest BCUT2D eigenvalue weighted by Gasteiger charge is -2.33. The summed E-state index contributed by atoms with van der Waals surface area (Å²) in [6, 6.07) is 0.422. The second-order valence-corrected chi connectivity index (χ2v) is 6.99. The molecule has 2 aliphatic heterocycles. The average Bonchev–Trinajstić information content (AvgIpc) is 3.03. The number of likely N-dealkylation sites (tertiary alicyclic amines) is 1. The van der Waals surface area contributed by atoms with Crippen LogP contribution in [0.4, 0.5) is 5.69 Å². The Hall–Kier alpha value is -1.60. The van der Waals surface area contributed by atoms with Crippen molar-refractivity contribution in [1.82, 2.24) is 19.6 Å². The smallest absolute Gasteiger partial charge is 0.244 e. The van der Waals surface area contributed by atoms with Gasteiger partial charge in [0.1, 0.15) is 6.54 Å². The Balaban J connectivity index is 1.48. The fourth-order valence-electron chi connectivity index (χ4n) is 3.49. The number of aromatic nitrogens is 2. The Morgan fingerprint density at radius 3 is 2.75 bits per heavy atom. The van der Waals surface area contributed by atoms with Gasteiger partial charge in [-0.3, -0.25) is 9.48 Å². The molecule has 0 aromatic carbocycles. The van der Waals surface area contributed by atoms with Crippen LogP contribution >= 0.6 is 0 Å². The number of hydrogen-bond donors (Lipinski definition) is 1. The van der Waals surface area contributed by atoms with E-state index in [1.807, 2.05) is 17.3 Å². The molecular weight excluding hydrogens is 306 g/mol. The first kappa shape index (κ1) is 17.2. The van der Waals surface area contributed by atoms with Crippen LogP contribution in [0, 0.1) is 5.92 Å². The van der Waals surface area contributed by atoms with E-state index >= 15 is 0 Å². The molecule has 1 N–H and O–H groups in total. The van der Waals surface area contributed by atoms with Crippen LogP contribution in [0.5, 0.6) is 0 Å². The number of amides is 1. The van der Waals surface area contributed by atoms with Gasteiger partial charge in [-0.1, -0.05) is 0 Å². The Bertz CT molecular complexity index is 533. The molecule has 0 spiro atoms. The molecule has 1 aromatic heterocycles. The molecule has 0 saturated carbocycles. The molecule has 2 aliphatic rings. The first-order chi connectivity index (χ1) is 11.6. The highest BCUT2D eigenvalue weighted by Gasteiger charge is 2.22. The third-order valence-electron chi connectivity index (χ3n) is 5.16. The van der Waals surface area contributed by atoms with Gasteiger partial charge in [-0.05, 0) is 45.8 Å². The van der Waals surface area contributed by atoms with Crippen molar-refractivity contribution in [3.8, 4) is 0 Å². The number of nitrogens with one attached hydrogen (secondary N) is 1. The van der Waals surface area contributed by atoms with Crippen molar-refractivity contribution >= 4 is 11.6 Å². The summed E-state index contributed by atoms with van der Waals surface area (Å²) < 4.78 is 7.01. The quantitative estimate of drug-likeness (QED) is 0.866. The summed E-state index contributed by atoms with van der Waals surface area (Å²) in [5.41, 5.74) is 0.996. The Kier molecular flexibility index (Phi) is 5.73. The van der Waals surface area contributed by atoms with Gasteiger partial charge in [0.25, 0.3) is 0 Å². The van der Waals surface area contributed by atoms with Gasteiger partial charge in [-0.25, -0.2) is 0 Å².